The number of amides is 1. The molecule has 0 bridgehead atoms. The molecule has 5 nitrogen and oxygen atoms in total. The van der Waals surface area contributed by atoms with Crippen LogP contribution in [0, 0.1) is 17.3 Å². The number of likely N-dealkylation sites (tertiary alicyclic amines) is 1. The van der Waals surface area contributed by atoms with Crippen LogP contribution in [0.5, 0.6) is 0 Å². The highest BCUT2D eigenvalue weighted by Crippen LogP contribution is 2.43. The van der Waals surface area contributed by atoms with Crippen LogP contribution in [-0.4, -0.2) is 46.8 Å². The van der Waals surface area contributed by atoms with Gasteiger partial charge in [-0.2, -0.15) is 0 Å². The molecule has 2 heterocycles. The molecule has 2 rings (SSSR count). The number of hydrogen-bond donors (Lipinski definition) is 2. The highest BCUT2D eigenvalue weighted by molar-refractivity contribution is 5.66. The number of rotatable bonds is 0. The molecule has 3 atom stereocenters. The van der Waals surface area contributed by atoms with Crippen molar-refractivity contribution in [2.75, 3.05) is 19.6 Å². The van der Waals surface area contributed by atoms with Gasteiger partial charge in [-0.25, -0.2) is 9.80 Å². The summed E-state index contributed by atoms with van der Waals surface area (Å²) in [5, 5.41) is 11.2. The predicted molar refractivity (Wildman–Crippen MR) is 65.3 cm³/mol. The molecule has 0 aromatic heterocycles. The maximum atomic E-state index is 11.4. The largest absolute Gasteiger partial charge is 0.465 e. The molecule has 0 aromatic rings. The number of fused-ring (bicyclic) bond motifs is 1. The maximum Gasteiger partial charge on any atom is 0.407 e. The molecular weight excluding hydrogens is 218 g/mol. The molecule has 2 saturated heterocycles. The number of hydrogen-bond acceptors (Lipinski definition) is 3. The Morgan fingerprint density at radius 2 is 2.00 bits per heavy atom. The van der Waals surface area contributed by atoms with Gasteiger partial charge in [0, 0.05) is 25.7 Å². The predicted octanol–water partition coefficient (Wildman–Crippen LogP) is 1.21. The Hall–Kier alpha value is -0.810. The van der Waals surface area contributed by atoms with Crippen LogP contribution in [-0.2, 0) is 0 Å². The van der Waals surface area contributed by atoms with Gasteiger partial charge in [0.05, 0.1) is 0 Å². The van der Waals surface area contributed by atoms with Crippen molar-refractivity contribution in [1.29, 1.82) is 0 Å². The Bertz CT molecular complexity index is 313. The Balaban J connectivity index is 2.24. The molecule has 0 aliphatic carbocycles. The molecule has 17 heavy (non-hydrogen) atoms. The van der Waals surface area contributed by atoms with E-state index in [1.165, 1.54) is 0 Å². The average Bonchev–Trinajstić information content (AvgIpc) is 2.55. The summed E-state index contributed by atoms with van der Waals surface area (Å²) in [4.78, 5) is 13.0. The highest BCUT2D eigenvalue weighted by Gasteiger charge is 2.50. The first kappa shape index (κ1) is 12.6. The van der Waals surface area contributed by atoms with Gasteiger partial charge in [0.2, 0.25) is 0 Å². The molecule has 3 unspecified atom stereocenters. The fraction of sp³-hybridized carbons (Fsp3) is 0.917. The van der Waals surface area contributed by atoms with Crippen LogP contribution in [0.3, 0.4) is 0 Å². The van der Waals surface area contributed by atoms with Gasteiger partial charge in [-0.3, -0.25) is 5.84 Å². The van der Waals surface area contributed by atoms with Crippen molar-refractivity contribution >= 4 is 6.09 Å². The van der Waals surface area contributed by atoms with Crippen LogP contribution in [0.15, 0.2) is 0 Å². The van der Waals surface area contributed by atoms with Crippen LogP contribution in [0.25, 0.3) is 0 Å². The zero-order valence-electron chi connectivity index (χ0n) is 10.9. The van der Waals surface area contributed by atoms with E-state index in [2.05, 4.69) is 20.8 Å². The molecule has 5 heteroatoms. The Morgan fingerprint density at radius 3 is 2.53 bits per heavy atom. The molecule has 98 valence electrons. The molecule has 3 N–H and O–H groups in total. The summed E-state index contributed by atoms with van der Waals surface area (Å²) in [5.41, 5.74) is -0.00538. The summed E-state index contributed by atoms with van der Waals surface area (Å²) < 4.78 is 0. The van der Waals surface area contributed by atoms with E-state index in [1.807, 2.05) is 5.01 Å². The SMILES string of the molecule is CC(C)(C)C1C2CCN(N)CC2CN1C(=O)O. The second-order valence-corrected chi connectivity index (χ2v) is 6.45. The van der Waals surface area contributed by atoms with Gasteiger partial charge in [-0.05, 0) is 23.7 Å². The molecule has 2 fully saturated rings. The molecule has 1 amide bonds. The lowest BCUT2D eigenvalue weighted by molar-refractivity contribution is 0.0748. The molecule has 0 radical (unpaired) electrons. The van der Waals surface area contributed by atoms with Crippen molar-refractivity contribution in [3.63, 3.8) is 0 Å². The van der Waals surface area contributed by atoms with E-state index in [0.717, 1.165) is 19.5 Å². The quantitative estimate of drug-likeness (QED) is 0.625. The molecule has 0 aromatic carbocycles. The monoisotopic (exact) mass is 241 g/mol. The molecule has 2 aliphatic heterocycles. The molecule has 2 aliphatic rings. The van der Waals surface area contributed by atoms with Crippen molar-refractivity contribution in [2.24, 2.45) is 23.1 Å². The smallest absolute Gasteiger partial charge is 0.407 e. The third-order valence-corrected chi connectivity index (χ3v) is 4.13. The third kappa shape index (κ3) is 2.26. The molecule has 0 saturated carbocycles. The summed E-state index contributed by atoms with van der Waals surface area (Å²) >= 11 is 0. The van der Waals surface area contributed by atoms with Gasteiger partial charge in [-0.1, -0.05) is 20.8 Å². The summed E-state index contributed by atoms with van der Waals surface area (Å²) in [7, 11) is 0. The lowest BCUT2D eigenvalue weighted by Gasteiger charge is -2.40. The Kier molecular flexibility index (Phi) is 3.08. The fourth-order valence-electron chi connectivity index (χ4n) is 3.59. The second kappa shape index (κ2) is 4.14. The van der Waals surface area contributed by atoms with Crippen LogP contribution in [0.4, 0.5) is 4.79 Å². The van der Waals surface area contributed by atoms with Crippen molar-refractivity contribution in [3.8, 4) is 0 Å². The maximum absolute atomic E-state index is 11.4. The lowest BCUT2D eigenvalue weighted by atomic mass is 9.74. The van der Waals surface area contributed by atoms with Crippen molar-refractivity contribution in [1.82, 2.24) is 9.91 Å². The summed E-state index contributed by atoms with van der Waals surface area (Å²) in [6.07, 6.45) is 0.218. The highest BCUT2D eigenvalue weighted by atomic mass is 16.4. The standard InChI is InChI=1S/C12H23N3O2/c1-12(2,3)10-9-4-5-14(13)6-8(9)7-15(10)11(16)17/h8-10H,4-7,13H2,1-3H3,(H,16,17). The van der Waals surface area contributed by atoms with Crippen LogP contribution in [0.2, 0.25) is 0 Å². The second-order valence-electron chi connectivity index (χ2n) is 6.45. The number of nitrogens with two attached hydrogens (primary N) is 1. The number of piperidine rings is 1. The number of nitrogens with zero attached hydrogens (tertiary/aromatic N) is 2. The molecule has 0 spiro atoms. The molecular formula is C12H23N3O2. The Labute approximate surface area is 103 Å². The van der Waals surface area contributed by atoms with Gasteiger partial charge < -0.3 is 10.0 Å². The van der Waals surface area contributed by atoms with Gasteiger partial charge in [0.15, 0.2) is 0 Å². The summed E-state index contributed by atoms with van der Waals surface area (Å²) in [6, 6.07) is 0.124. The first-order chi connectivity index (χ1) is 7.80. The number of carbonyl (C=O) groups is 1. The van der Waals surface area contributed by atoms with E-state index < -0.39 is 6.09 Å². The van der Waals surface area contributed by atoms with Crippen molar-refractivity contribution < 1.29 is 9.90 Å². The van der Waals surface area contributed by atoms with Gasteiger partial charge in [0.1, 0.15) is 0 Å². The third-order valence-electron chi connectivity index (χ3n) is 4.13. The van der Waals surface area contributed by atoms with Crippen molar-refractivity contribution in [3.05, 3.63) is 0 Å². The first-order valence-electron chi connectivity index (χ1n) is 6.30. The van der Waals surface area contributed by atoms with E-state index >= 15 is 0 Å². The zero-order chi connectivity index (χ0) is 12.8. The van der Waals surface area contributed by atoms with Gasteiger partial charge in [-0.15, -0.1) is 0 Å². The zero-order valence-corrected chi connectivity index (χ0v) is 10.9. The van der Waals surface area contributed by atoms with Gasteiger partial charge >= 0.3 is 6.09 Å². The minimum atomic E-state index is -0.789. The minimum absolute atomic E-state index is 0.00538. The number of carboxylic acid groups (broad SMARTS) is 1. The normalized spacial score (nSPS) is 34.8. The average molecular weight is 241 g/mol. The Morgan fingerprint density at radius 1 is 1.35 bits per heavy atom. The fourth-order valence-corrected chi connectivity index (χ4v) is 3.59. The lowest BCUT2D eigenvalue weighted by Crippen LogP contribution is -2.48. The van der Waals surface area contributed by atoms with Gasteiger partial charge in [0.25, 0.3) is 0 Å². The van der Waals surface area contributed by atoms with E-state index in [4.69, 9.17) is 5.84 Å². The van der Waals surface area contributed by atoms with E-state index in [1.54, 1.807) is 4.90 Å². The first-order valence-corrected chi connectivity index (χ1v) is 6.30. The summed E-state index contributed by atoms with van der Waals surface area (Å²) in [6.45, 7) is 8.72. The van der Waals surface area contributed by atoms with Crippen LogP contribution >= 0.6 is 0 Å². The minimum Gasteiger partial charge on any atom is -0.465 e. The van der Waals surface area contributed by atoms with E-state index in [-0.39, 0.29) is 11.5 Å². The summed E-state index contributed by atoms with van der Waals surface area (Å²) in [5.74, 6) is 6.70. The topological polar surface area (TPSA) is 69.8 Å². The van der Waals surface area contributed by atoms with Crippen LogP contribution in [0.1, 0.15) is 27.2 Å². The van der Waals surface area contributed by atoms with Crippen LogP contribution < -0.4 is 5.84 Å². The van der Waals surface area contributed by atoms with Crippen molar-refractivity contribution in [2.45, 2.75) is 33.2 Å². The number of hydrazine groups is 1. The van der Waals surface area contributed by atoms with E-state index in [0.29, 0.717) is 18.4 Å². The van der Waals surface area contributed by atoms with E-state index in [9.17, 15) is 9.90 Å².